The van der Waals surface area contributed by atoms with Gasteiger partial charge in [-0.25, -0.2) is 0 Å². The minimum absolute atomic E-state index is 0.355. The second-order valence-corrected chi connectivity index (χ2v) is 7.26. The van der Waals surface area contributed by atoms with E-state index in [1.807, 2.05) is 0 Å². The molecule has 20 heavy (non-hydrogen) atoms. The van der Waals surface area contributed by atoms with Crippen LogP contribution in [0.15, 0.2) is 24.3 Å². The Morgan fingerprint density at radius 2 is 1.65 bits per heavy atom. The van der Waals surface area contributed by atoms with E-state index in [9.17, 15) is 0 Å². The van der Waals surface area contributed by atoms with Crippen LogP contribution in [0.1, 0.15) is 65.0 Å². The average molecular weight is 275 g/mol. The van der Waals surface area contributed by atoms with E-state index in [0.717, 1.165) is 25.4 Å². The molecule has 1 rings (SSSR count). The van der Waals surface area contributed by atoms with Gasteiger partial charge >= 0.3 is 0 Å². The van der Waals surface area contributed by atoms with Gasteiger partial charge < -0.3 is 5.32 Å². The molecule has 0 aliphatic carbocycles. The lowest BCUT2D eigenvalue weighted by molar-refractivity contribution is 0.285. The van der Waals surface area contributed by atoms with Crippen LogP contribution < -0.4 is 5.32 Å². The maximum atomic E-state index is 3.63. The molecule has 0 saturated carbocycles. The molecule has 0 bridgehead atoms. The van der Waals surface area contributed by atoms with Gasteiger partial charge in [-0.1, -0.05) is 65.8 Å². The molecule has 0 aliphatic heterocycles. The van der Waals surface area contributed by atoms with Crippen molar-refractivity contribution >= 4 is 0 Å². The van der Waals surface area contributed by atoms with Crippen molar-refractivity contribution in [3.05, 3.63) is 35.4 Å². The average Bonchev–Trinajstić information content (AvgIpc) is 2.39. The molecule has 1 N–H and O–H groups in total. The van der Waals surface area contributed by atoms with Crippen LogP contribution in [0, 0.1) is 11.3 Å². The van der Waals surface area contributed by atoms with Crippen molar-refractivity contribution in [2.75, 3.05) is 13.1 Å². The molecule has 1 aromatic rings. The second kappa shape index (κ2) is 7.83. The Morgan fingerprint density at radius 3 is 2.10 bits per heavy atom. The molecule has 0 spiro atoms. The highest BCUT2D eigenvalue weighted by molar-refractivity contribution is 5.25. The number of hydrogen-bond donors (Lipinski definition) is 1. The summed E-state index contributed by atoms with van der Waals surface area (Å²) in [5.41, 5.74) is 3.25. The highest BCUT2D eigenvalue weighted by Gasteiger charge is 2.22. The summed E-state index contributed by atoms with van der Waals surface area (Å²) >= 11 is 0. The molecule has 1 heteroatoms. The van der Waals surface area contributed by atoms with E-state index in [0.29, 0.717) is 11.3 Å². The molecule has 1 nitrogen and oxygen atoms in total. The van der Waals surface area contributed by atoms with E-state index < -0.39 is 0 Å². The highest BCUT2D eigenvalue weighted by Crippen LogP contribution is 2.26. The van der Waals surface area contributed by atoms with Gasteiger partial charge in [0.05, 0.1) is 0 Å². The first-order chi connectivity index (χ1) is 9.36. The van der Waals surface area contributed by atoms with Crippen molar-refractivity contribution in [2.45, 2.75) is 60.3 Å². The van der Waals surface area contributed by atoms with Crippen LogP contribution in [0.4, 0.5) is 0 Å². The number of nitrogens with one attached hydrogen (secondary N) is 1. The van der Waals surface area contributed by atoms with Crippen LogP contribution in [0.5, 0.6) is 0 Å². The Labute approximate surface area is 126 Å². The first-order valence-corrected chi connectivity index (χ1v) is 8.16. The van der Waals surface area contributed by atoms with Gasteiger partial charge in [0.1, 0.15) is 0 Å². The zero-order valence-electron chi connectivity index (χ0n) is 14.3. The van der Waals surface area contributed by atoms with E-state index in [-0.39, 0.29) is 0 Å². The Balaban J connectivity index is 2.62. The zero-order chi connectivity index (χ0) is 15.2. The van der Waals surface area contributed by atoms with Crippen molar-refractivity contribution in [2.24, 2.45) is 11.3 Å². The maximum Gasteiger partial charge on any atom is 0.000836 e. The maximum absolute atomic E-state index is 3.63. The zero-order valence-corrected chi connectivity index (χ0v) is 14.3. The second-order valence-electron chi connectivity index (χ2n) is 7.26. The fourth-order valence-corrected chi connectivity index (χ4v) is 2.49. The first kappa shape index (κ1) is 17.2. The Kier molecular flexibility index (Phi) is 6.75. The SMILES string of the molecule is CCC(C)(CNCC(C)C)Cc1ccc(C(C)C)cc1. The molecule has 0 saturated heterocycles. The summed E-state index contributed by atoms with van der Waals surface area (Å²) in [6.45, 7) is 16.0. The van der Waals surface area contributed by atoms with Crippen molar-refractivity contribution in [1.82, 2.24) is 5.32 Å². The number of hydrogen-bond acceptors (Lipinski definition) is 1. The number of benzene rings is 1. The van der Waals surface area contributed by atoms with Crippen molar-refractivity contribution in [1.29, 1.82) is 0 Å². The molecule has 0 aromatic heterocycles. The summed E-state index contributed by atoms with van der Waals surface area (Å²) < 4.78 is 0. The molecular formula is C19H33N. The summed E-state index contributed by atoms with van der Waals surface area (Å²) in [5.74, 6) is 1.34. The van der Waals surface area contributed by atoms with Crippen LogP contribution >= 0.6 is 0 Å². The summed E-state index contributed by atoms with van der Waals surface area (Å²) in [6, 6.07) is 9.20. The lowest BCUT2D eigenvalue weighted by Crippen LogP contribution is -2.35. The summed E-state index contributed by atoms with van der Waals surface area (Å²) in [7, 11) is 0. The Hall–Kier alpha value is -0.820. The predicted octanol–water partition coefficient (Wildman–Crippen LogP) is 5.01. The molecule has 1 aromatic carbocycles. The third-order valence-corrected chi connectivity index (χ3v) is 4.24. The van der Waals surface area contributed by atoms with Gasteiger partial charge in [-0.2, -0.15) is 0 Å². The fourth-order valence-electron chi connectivity index (χ4n) is 2.49. The molecular weight excluding hydrogens is 242 g/mol. The van der Waals surface area contributed by atoms with E-state index in [4.69, 9.17) is 0 Å². The van der Waals surface area contributed by atoms with Gasteiger partial charge in [-0.3, -0.25) is 0 Å². The summed E-state index contributed by atoms with van der Waals surface area (Å²) in [4.78, 5) is 0. The fraction of sp³-hybridized carbons (Fsp3) is 0.684. The normalized spacial score (nSPS) is 14.8. The van der Waals surface area contributed by atoms with E-state index in [1.54, 1.807) is 0 Å². The van der Waals surface area contributed by atoms with E-state index in [2.05, 4.69) is 71.1 Å². The van der Waals surface area contributed by atoms with Gasteiger partial charge in [0, 0.05) is 6.54 Å². The standard InChI is InChI=1S/C19H33N/c1-7-19(6,14-20-13-15(2)3)12-17-8-10-18(11-9-17)16(4)5/h8-11,15-16,20H,7,12-14H2,1-6H3. The smallest absolute Gasteiger partial charge is 0.000836 e. The minimum atomic E-state index is 0.355. The highest BCUT2D eigenvalue weighted by atomic mass is 14.9. The van der Waals surface area contributed by atoms with Crippen LogP contribution in [0.25, 0.3) is 0 Å². The molecule has 1 unspecified atom stereocenters. The summed E-state index contributed by atoms with van der Waals surface area (Å²) in [6.07, 6.45) is 2.37. The molecule has 0 heterocycles. The molecule has 0 aliphatic rings. The van der Waals surface area contributed by atoms with Crippen molar-refractivity contribution < 1.29 is 0 Å². The molecule has 0 amide bonds. The van der Waals surface area contributed by atoms with Gasteiger partial charge in [0.25, 0.3) is 0 Å². The Morgan fingerprint density at radius 1 is 1.05 bits per heavy atom. The van der Waals surface area contributed by atoms with Crippen LogP contribution in [-0.4, -0.2) is 13.1 Å². The van der Waals surface area contributed by atoms with Crippen LogP contribution in [-0.2, 0) is 6.42 Å². The van der Waals surface area contributed by atoms with Crippen LogP contribution in [0.3, 0.4) is 0 Å². The van der Waals surface area contributed by atoms with Gasteiger partial charge in [0.15, 0.2) is 0 Å². The molecule has 114 valence electrons. The monoisotopic (exact) mass is 275 g/mol. The minimum Gasteiger partial charge on any atom is -0.316 e. The Bertz CT molecular complexity index is 377. The lowest BCUT2D eigenvalue weighted by atomic mass is 9.80. The largest absolute Gasteiger partial charge is 0.316 e. The van der Waals surface area contributed by atoms with Gasteiger partial charge in [-0.15, -0.1) is 0 Å². The topological polar surface area (TPSA) is 12.0 Å². The quantitative estimate of drug-likeness (QED) is 0.703. The third kappa shape index (κ3) is 5.66. The molecule has 1 atom stereocenters. The molecule has 0 radical (unpaired) electrons. The predicted molar refractivity (Wildman–Crippen MR) is 90.3 cm³/mol. The van der Waals surface area contributed by atoms with Gasteiger partial charge in [0.2, 0.25) is 0 Å². The lowest BCUT2D eigenvalue weighted by Gasteiger charge is -2.29. The van der Waals surface area contributed by atoms with Gasteiger partial charge in [-0.05, 0) is 47.8 Å². The molecule has 0 fully saturated rings. The van der Waals surface area contributed by atoms with Crippen molar-refractivity contribution in [3.63, 3.8) is 0 Å². The van der Waals surface area contributed by atoms with Crippen LogP contribution in [0.2, 0.25) is 0 Å². The van der Waals surface area contributed by atoms with E-state index >= 15 is 0 Å². The third-order valence-electron chi connectivity index (χ3n) is 4.24. The first-order valence-electron chi connectivity index (χ1n) is 8.16. The summed E-state index contributed by atoms with van der Waals surface area (Å²) in [5, 5.41) is 3.63. The number of rotatable bonds is 8. The van der Waals surface area contributed by atoms with Crippen molar-refractivity contribution in [3.8, 4) is 0 Å². The van der Waals surface area contributed by atoms with E-state index in [1.165, 1.54) is 17.5 Å².